The minimum Gasteiger partial charge on any atom is -0.497 e. The Labute approximate surface area is 143 Å². The summed E-state index contributed by atoms with van der Waals surface area (Å²) in [5.74, 6) is 0.499. The zero-order valence-electron chi connectivity index (χ0n) is 13.3. The first kappa shape index (κ1) is 16.1. The molecule has 0 saturated carbocycles. The number of carbonyl (C=O) groups is 1. The minimum absolute atomic E-state index is 0.221. The van der Waals surface area contributed by atoms with Crippen LogP contribution in [-0.2, 0) is 0 Å². The number of amides is 1. The highest BCUT2D eigenvalue weighted by molar-refractivity contribution is 7.08. The van der Waals surface area contributed by atoms with E-state index in [2.05, 4.69) is 19.9 Å². The lowest BCUT2D eigenvalue weighted by Gasteiger charge is -2.19. The van der Waals surface area contributed by atoms with Crippen LogP contribution >= 0.6 is 11.5 Å². The molecule has 3 rings (SSSR count). The van der Waals surface area contributed by atoms with E-state index < -0.39 is 6.04 Å². The molecule has 2 aromatic heterocycles. The fourth-order valence-corrected chi connectivity index (χ4v) is 2.89. The SMILES string of the molecule is COc1cccc(C(NC(=O)c2snnc2C)c2ccccn2)c1. The van der Waals surface area contributed by atoms with Gasteiger partial charge in [0.05, 0.1) is 24.5 Å². The number of ether oxygens (including phenoxy) is 1. The van der Waals surface area contributed by atoms with Crippen LogP contribution in [0.25, 0.3) is 0 Å². The standard InChI is InChI=1S/C17H16N4O2S/c1-11-16(24-21-20-11)17(22)19-15(14-8-3-4-9-18-14)12-6-5-7-13(10-12)23-2/h3-10,15H,1-2H3,(H,19,22). The summed E-state index contributed by atoms with van der Waals surface area (Å²) in [6.07, 6.45) is 1.70. The Bertz CT molecular complexity index is 835. The Kier molecular flexibility index (Phi) is 4.81. The summed E-state index contributed by atoms with van der Waals surface area (Å²) in [7, 11) is 1.61. The maximum Gasteiger partial charge on any atom is 0.265 e. The van der Waals surface area contributed by atoms with Gasteiger partial charge in [-0.05, 0) is 48.3 Å². The molecule has 1 amide bonds. The third-order valence-corrected chi connectivity index (χ3v) is 4.37. The normalized spacial score (nSPS) is 11.8. The van der Waals surface area contributed by atoms with Crippen LogP contribution in [0.2, 0.25) is 0 Å². The van der Waals surface area contributed by atoms with Crippen LogP contribution in [0.3, 0.4) is 0 Å². The van der Waals surface area contributed by atoms with Crippen molar-refractivity contribution < 1.29 is 9.53 Å². The van der Waals surface area contributed by atoms with Crippen molar-refractivity contribution in [3.05, 3.63) is 70.5 Å². The van der Waals surface area contributed by atoms with Crippen LogP contribution in [0.5, 0.6) is 5.75 Å². The van der Waals surface area contributed by atoms with Crippen molar-refractivity contribution in [2.24, 2.45) is 0 Å². The van der Waals surface area contributed by atoms with E-state index in [1.807, 2.05) is 42.5 Å². The van der Waals surface area contributed by atoms with Gasteiger partial charge in [0, 0.05) is 6.20 Å². The number of hydrogen-bond acceptors (Lipinski definition) is 6. The van der Waals surface area contributed by atoms with Gasteiger partial charge in [0.15, 0.2) is 0 Å². The van der Waals surface area contributed by atoms with Gasteiger partial charge in [-0.1, -0.05) is 22.7 Å². The van der Waals surface area contributed by atoms with E-state index in [9.17, 15) is 4.79 Å². The zero-order valence-corrected chi connectivity index (χ0v) is 14.1. The molecule has 24 heavy (non-hydrogen) atoms. The van der Waals surface area contributed by atoms with Crippen molar-refractivity contribution in [2.75, 3.05) is 7.11 Å². The number of benzene rings is 1. The van der Waals surface area contributed by atoms with Crippen molar-refractivity contribution in [1.29, 1.82) is 0 Å². The maximum atomic E-state index is 12.6. The van der Waals surface area contributed by atoms with Crippen LogP contribution in [0.4, 0.5) is 0 Å². The molecule has 3 aromatic rings. The first-order chi connectivity index (χ1) is 11.7. The molecule has 122 valence electrons. The summed E-state index contributed by atoms with van der Waals surface area (Å²) in [6, 6.07) is 12.8. The van der Waals surface area contributed by atoms with Crippen molar-refractivity contribution in [1.82, 2.24) is 19.9 Å². The van der Waals surface area contributed by atoms with Gasteiger partial charge >= 0.3 is 0 Å². The smallest absolute Gasteiger partial charge is 0.265 e. The fraction of sp³-hybridized carbons (Fsp3) is 0.176. The Morgan fingerprint density at radius 2 is 2.12 bits per heavy atom. The summed E-state index contributed by atoms with van der Waals surface area (Å²) in [4.78, 5) is 17.5. The van der Waals surface area contributed by atoms with Gasteiger partial charge in [-0.25, -0.2) is 0 Å². The summed E-state index contributed by atoms with van der Waals surface area (Å²) >= 11 is 1.08. The average Bonchev–Trinajstić information content (AvgIpc) is 3.06. The molecule has 0 aliphatic rings. The topological polar surface area (TPSA) is 77.0 Å². The Morgan fingerprint density at radius 3 is 2.79 bits per heavy atom. The third kappa shape index (κ3) is 3.41. The predicted octanol–water partition coefficient (Wildman–Crippen LogP) is 2.77. The Morgan fingerprint density at radius 1 is 1.25 bits per heavy atom. The van der Waals surface area contributed by atoms with E-state index >= 15 is 0 Å². The summed E-state index contributed by atoms with van der Waals surface area (Å²) in [5, 5.41) is 6.91. The molecule has 7 heteroatoms. The molecule has 0 fully saturated rings. The largest absolute Gasteiger partial charge is 0.497 e. The lowest BCUT2D eigenvalue weighted by molar-refractivity contribution is 0.0945. The van der Waals surface area contributed by atoms with Crippen molar-refractivity contribution >= 4 is 17.4 Å². The van der Waals surface area contributed by atoms with Gasteiger partial charge in [0.25, 0.3) is 5.91 Å². The number of aryl methyl sites for hydroxylation is 1. The Hall–Kier alpha value is -2.80. The predicted molar refractivity (Wildman–Crippen MR) is 91.2 cm³/mol. The van der Waals surface area contributed by atoms with Gasteiger partial charge in [-0.3, -0.25) is 9.78 Å². The van der Waals surface area contributed by atoms with E-state index in [0.717, 1.165) is 28.5 Å². The molecule has 0 bridgehead atoms. The summed E-state index contributed by atoms with van der Waals surface area (Å²) in [6.45, 7) is 1.76. The highest BCUT2D eigenvalue weighted by atomic mass is 32.1. The molecule has 1 aromatic carbocycles. The second-order valence-corrected chi connectivity index (χ2v) is 5.88. The molecule has 1 N–H and O–H groups in total. The van der Waals surface area contributed by atoms with Crippen LogP contribution in [0.1, 0.15) is 32.7 Å². The van der Waals surface area contributed by atoms with Crippen LogP contribution in [-0.4, -0.2) is 27.6 Å². The van der Waals surface area contributed by atoms with Gasteiger partial charge in [-0.2, -0.15) is 0 Å². The van der Waals surface area contributed by atoms with Gasteiger partial charge in [0.1, 0.15) is 10.6 Å². The van der Waals surface area contributed by atoms with Gasteiger partial charge < -0.3 is 10.1 Å². The highest BCUT2D eigenvalue weighted by Crippen LogP contribution is 2.25. The molecule has 1 atom stereocenters. The second kappa shape index (κ2) is 7.18. The zero-order chi connectivity index (χ0) is 16.9. The van der Waals surface area contributed by atoms with Gasteiger partial charge in [-0.15, -0.1) is 5.10 Å². The van der Waals surface area contributed by atoms with E-state index in [1.54, 1.807) is 20.2 Å². The molecule has 0 aliphatic carbocycles. The monoisotopic (exact) mass is 340 g/mol. The quantitative estimate of drug-likeness (QED) is 0.773. The van der Waals surface area contributed by atoms with Crippen molar-refractivity contribution in [3.63, 3.8) is 0 Å². The second-order valence-electron chi connectivity index (χ2n) is 5.13. The molecule has 0 aliphatic heterocycles. The summed E-state index contributed by atoms with van der Waals surface area (Å²) in [5.41, 5.74) is 2.24. The van der Waals surface area contributed by atoms with Crippen LogP contribution in [0, 0.1) is 6.92 Å². The molecule has 1 unspecified atom stereocenters. The number of aromatic nitrogens is 3. The van der Waals surface area contributed by atoms with Gasteiger partial charge in [0.2, 0.25) is 0 Å². The summed E-state index contributed by atoms with van der Waals surface area (Å²) < 4.78 is 9.10. The van der Waals surface area contributed by atoms with Crippen LogP contribution in [0.15, 0.2) is 48.7 Å². The number of hydrogen-bond donors (Lipinski definition) is 1. The molecule has 0 radical (unpaired) electrons. The fourth-order valence-electron chi connectivity index (χ4n) is 2.33. The molecule has 0 saturated heterocycles. The first-order valence-corrected chi connectivity index (χ1v) is 8.11. The van der Waals surface area contributed by atoms with E-state index in [4.69, 9.17) is 4.74 Å². The number of rotatable bonds is 5. The lowest BCUT2D eigenvalue weighted by Crippen LogP contribution is -2.29. The number of carbonyl (C=O) groups excluding carboxylic acids is 1. The molecular formula is C17H16N4O2S. The molecule has 6 nitrogen and oxygen atoms in total. The molecular weight excluding hydrogens is 324 g/mol. The molecule has 2 heterocycles. The van der Waals surface area contributed by atoms with E-state index in [0.29, 0.717) is 10.6 Å². The number of nitrogens with zero attached hydrogens (tertiary/aromatic N) is 3. The number of pyridine rings is 1. The minimum atomic E-state index is -0.393. The lowest BCUT2D eigenvalue weighted by atomic mass is 10.0. The molecule has 0 spiro atoms. The Balaban J connectivity index is 1.96. The van der Waals surface area contributed by atoms with Crippen molar-refractivity contribution in [2.45, 2.75) is 13.0 Å². The maximum absolute atomic E-state index is 12.6. The first-order valence-electron chi connectivity index (χ1n) is 7.33. The van der Waals surface area contributed by atoms with Crippen LogP contribution < -0.4 is 10.1 Å². The average molecular weight is 340 g/mol. The number of methoxy groups -OCH3 is 1. The van der Waals surface area contributed by atoms with Crippen molar-refractivity contribution in [3.8, 4) is 5.75 Å². The highest BCUT2D eigenvalue weighted by Gasteiger charge is 2.22. The third-order valence-electron chi connectivity index (χ3n) is 3.54. The van der Waals surface area contributed by atoms with E-state index in [-0.39, 0.29) is 5.91 Å². The number of nitrogens with one attached hydrogen (secondary N) is 1. The van der Waals surface area contributed by atoms with E-state index in [1.165, 1.54) is 0 Å².